The standard InChI is InChI=1S/C14H15BrN6S.HI/c1-16-14(17-7-11-6-10(15)9-22-11)18-8-13-20-19-12-4-2-3-5-21(12)13;/h2-6,9H,7-8H2,1H3,(H2,16,17,18);1H. The van der Waals surface area contributed by atoms with Crippen molar-refractivity contribution in [3.8, 4) is 0 Å². The Bertz CT molecular complexity index is 799. The largest absolute Gasteiger partial charge is 0.352 e. The lowest BCUT2D eigenvalue weighted by Crippen LogP contribution is -2.36. The third kappa shape index (κ3) is 4.64. The summed E-state index contributed by atoms with van der Waals surface area (Å²) < 4.78 is 3.06. The van der Waals surface area contributed by atoms with E-state index < -0.39 is 0 Å². The lowest BCUT2D eigenvalue weighted by Gasteiger charge is -2.10. The lowest BCUT2D eigenvalue weighted by molar-refractivity contribution is 0.765. The van der Waals surface area contributed by atoms with Crippen LogP contribution in [0.15, 0.2) is 45.3 Å². The van der Waals surface area contributed by atoms with Gasteiger partial charge in [0.25, 0.3) is 0 Å². The van der Waals surface area contributed by atoms with Crippen LogP contribution < -0.4 is 10.6 Å². The first-order chi connectivity index (χ1) is 10.8. The van der Waals surface area contributed by atoms with E-state index in [0.29, 0.717) is 6.54 Å². The Hall–Kier alpha value is -1.20. The molecule has 2 N–H and O–H groups in total. The molecule has 9 heteroatoms. The summed E-state index contributed by atoms with van der Waals surface area (Å²) in [5.74, 6) is 1.58. The third-order valence-electron chi connectivity index (χ3n) is 3.07. The highest BCUT2D eigenvalue weighted by Crippen LogP contribution is 2.19. The van der Waals surface area contributed by atoms with Crippen LogP contribution in [0.5, 0.6) is 0 Å². The zero-order valence-corrected chi connectivity index (χ0v) is 17.1. The van der Waals surface area contributed by atoms with Gasteiger partial charge in [-0.25, -0.2) is 0 Å². The molecule has 3 heterocycles. The molecular weight excluding hydrogens is 491 g/mol. The number of fused-ring (bicyclic) bond motifs is 1. The molecule has 23 heavy (non-hydrogen) atoms. The van der Waals surface area contributed by atoms with Gasteiger partial charge in [-0.15, -0.1) is 45.5 Å². The zero-order chi connectivity index (χ0) is 15.4. The summed E-state index contributed by atoms with van der Waals surface area (Å²) in [6.45, 7) is 1.29. The SMILES string of the molecule is CN=C(NCc1cc(Br)cs1)NCc1nnc2ccccn12.I. The van der Waals surface area contributed by atoms with Gasteiger partial charge in [0.15, 0.2) is 17.4 Å². The number of thiophene rings is 1. The second-order valence-corrected chi connectivity index (χ2v) is 6.47. The minimum absolute atomic E-state index is 0. The number of hydrogen-bond donors (Lipinski definition) is 2. The Morgan fingerprint density at radius 1 is 1.30 bits per heavy atom. The molecule has 0 aliphatic rings. The van der Waals surface area contributed by atoms with E-state index in [0.717, 1.165) is 28.4 Å². The molecule has 122 valence electrons. The van der Waals surface area contributed by atoms with Gasteiger partial charge in [-0.05, 0) is 34.1 Å². The van der Waals surface area contributed by atoms with E-state index >= 15 is 0 Å². The number of halogens is 2. The van der Waals surface area contributed by atoms with Crippen LogP contribution in [0.4, 0.5) is 0 Å². The molecule has 0 fully saturated rings. The number of pyridine rings is 1. The van der Waals surface area contributed by atoms with Gasteiger partial charge in [-0.3, -0.25) is 9.39 Å². The normalized spacial score (nSPS) is 11.3. The molecule has 0 amide bonds. The minimum atomic E-state index is 0. The molecule has 3 rings (SSSR count). The Balaban J connectivity index is 0.00000192. The predicted molar refractivity (Wildman–Crippen MR) is 107 cm³/mol. The van der Waals surface area contributed by atoms with Crippen molar-refractivity contribution in [2.45, 2.75) is 13.1 Å². The minimum Gasteiger partial charge on any atom is -0.352 e. The van der Waals surface area contributed by atoms with E-state index in [-0.39, 0.29) is 24.0 Å². The summed E-state index contributed by atoms with van der Waals surface area (Å²) in [6.07, 6.45) is 1.95. The van der Waals surface area contributed by atoms with E-state index in [1.54, 1.807) is 18.4 Å². The molecule has 3 aromatic heterocycles. The van der Waals surface area contributed by atoms with Gasteiger partial charge in [-0.1, -0.05) is 6.07 Å². The molecule has 0 aliphatic heterocycles. The van der Waals surface area contributed by atoms with E-state index in [4.69, 9.17) is 0 Å². The monoisotopic (exact) mass is 506 g/mol. The fourth-order valence-corrected chi connectivity index (χ4v) is 3.40. The average molecular weight is 507 g/mol. The molecule has 0 unspecified atom stereocenters. The van der Waals surface area contributed by atoms with Crippen LogP contribution in [0.25, 0.3) is 5.65 Å². The van der Waals surface area contributed by atoms with Crippen LogP contribution >= 0.6 is 51.2 Å². The summed E-state index contributed by atoms with van der Waals surface area (Å²) in [5.41, 5.74) is 0.839. The summed E-state index contributed by atoms with van der Waals surface area (Å²) in [7, 11) is 1.75. The highest BCUT2D eigenvalue weighted by atomic mass is 127. The quantitative estimate of drug-likeness (QED) is 0.324. The molecule has 0 atom stereocenters. The first-order valence-electron chi connectivity index (χ1n) is 6.72. The van der Waals surface area contributed by atoms with Crippen molar-refractivity contribution in [2.75, 3.05) is 7.05 Å². The van der Waals surface area contributed by atoms with Gasteiger partial charge < -0.3 is 10.6 Å². The number of nitrogens with zero attached hydrogens (tertiary/aromatic N) is 4. The Morgan fingerprint density at radius 3 is 2.87 bits per heavy atom. The molecular formula is C14H16BrIN6S. The number of aromatic nitrogens is 3. The van der Waals surface area contributed by atoms with Crippen molar-refractivity contribution in [3.05, 3.63) is 51.0 Å². The van der Waals surface area contributed by atoms with Gasteiger partial charge in [0.05, 0.1) is 13.1 Å². The van der Waals surface area contributed by atoms with Crippen molar-refractivity contribution in [1.29, 1.82) is 0 Å². The average Bonchev–Trinajstić information content (AvgIpc) is 3.14. The van der Waals surface area contributed by atoms with E-state index in [9.17, 15) is 0 Å². The van der Waals surface area contributed by atoms with E-state index in [2.05, 4.69) is 53.2 Å². The maximum absolute atomic E-state index is 4.22. The van der Waals surface area contributed by atoms with Gasteiger partial charge in [0.1, 0.15) is 0 Å². The molecule has 0 aromatic carbocycles. The maximum atomic E-state index is 4.22. The summed E-state index contributed by atoms with van der Waals surface area (Å²) >= 11 is 5.16. The molecule has 0 spiro atoms. The van der Waals surface area contributed by atoms with Gasteiger partial charge >= 0.3 is 0 Å². The Morgan fingerprint density at radius 2 is 2.13 bits per heavy atom. The van der Waals surface area contributed by atoms with Crippen LogP contribution in [-0.2, 0) is 13.1 Å². The molecule has 0 aliphatic carbocycles. The molecule has 3 aromatic rings. The topological polar surface area (TPSA) is 66.6 Å². The maximum Gasteiger partial charge on any atom is 0.191 e. The van der Waals surface area contributed by atoms with Crippen LogP contribution in [-0.4, -0.2) is 27.6 Å². The number of guanidine groups is 1. The van der Waals surface area contributed by atoms with Crippen molar-refractivity contribution in [1.82, 2.24) is 25.2 Å². The van der Waals surface area contributed by atoms with Crippen LogP contribution in [0.1, 0.15) is 10.7 Å². The van der Waals surface area contributed by atoms with Crippen LogP contribution in [0.3, 0.4) is 0 Å². The van der Waals surface area contributed by atoms with Gasteiger partial charge in [-0.2, -0.15) is 0 Å². The van der Waals surface area contributed by atoms with Crippen molar-refractivity contribution in [3.63, 3.8) is 0 Å². The van der Waals surface area contributed by atoms with Crippen LogP contribution in [0.2, 0.25) is 0 Å². The molecule has 0 saturated carbocycles. The predicted octanol–water partition coefficient (Wildman–Crippen LogP) is 3.04. The van der Waals surface area contributed by atoms with Crippen molar-refractivity contribution >= 4 is 62.9 Å². The molecule has 6 nitrogen and oxygen atoms in total. The fraction of sp³-hybridized carbons (Fsp3) is 0.214. The van der Waals surface area contributed by atoms with Gasteiger partial charge in [0.2, 0.25) is 0 Å². The first-order valence-corrected chi connectivity index (χ1v) is 8.39. The van der Waals surface area contributed by atoms with Crippen molar-refractivity contribution in [2.24, 2.45) is 4.99 Å². The number of hydrogen-bond acceptors (Lipinski definition) is 4. The van der Waals surface area contributed by atoms with E-state index in [1.165, 1.54) is 4.88 Å². The highest BCUT2D eigenvalue weighted by Gasteiger charge is 2.06. The third-order valence-corrected chi connectivity index (χ3v) is 4.77. The lowest BCUT2D eigenvalue weighted by atomic mass is 10.4. The smallest absolute Gasteiger partial charge is 0.191 e. The summed E-state index contributed by atoms with van der Waals surface area (Å²) in [5, 5.41) is 16.9. The fourth-order valence-electron chi connectivity index (χ4n) is 2.01. The molecule has 0 radical (unpaired) electrons. The first kappa shape index (κ1) is 18.1. The zero-order valence-electron chi connectivity index (χ0n) is 12.4. The number of aliphatic imine (C=N–C) groups is 1. The van der Waals surface area contributed by atoms with Gasteiger partial charge in [0, 0.05) is 28.0 Å². The molecule has 0 bridgehead atoms. The highest BCUT2D eigenvalue weighted by molar-refractivity contribution is 14.0. The Labute approximate surface area is 163 Å². The van der Waals surface area contributed by atoms with Crippen LogP contribution in [0, 0.1) is 0 Å². The van der Waals surface area contributed by atoms with E-state index in [1.807, 2.05) is 28.8 Å². The second kappa shape index (κ2) is 8.60. The van der Waals surface area contributed by atoms with Crippen molar-refractivity contribution < 1.29 is 0 Å². The number of nitrogens with one attached hydrogen (secondary N) is 2. The summed E-state index contributed by atoms with van der Waals surface area (Å²) in [6, 6.07) is 7.93. The number of rotatable bonds is 4. The second-order valence-electron chi connectivity index (χ2n) is 4.56. The molecule has 0 saturated heterocycles. The summed E-state index contributed by atoms with van der Waals surface area (Å²) in [4.78, 5) is 5.46. The Kier molecular flexibility index (Phi) is 6.78.